The highest BCUT2D eigenvalue weighted by atomic mass is 16.4. The number of rotatable bonds is 4. The van der Waals surface area contributed by atoms with E-state index in [0.717, 1.165) is 17.1 Å². The number of nitrogens with zero attached hydrogens (tertiary/aromatic N) is 1. The number of quaternary nitrogens is 1. The number of carboxylic acids is 1. The summed E-state index contributed by atoms with van der Waals surface area (Å²) in [6, 6.07) is 0. The van der Waals surface area contributed by atoms with Crippen LogP contribution >= 0.6 is 0 Å². The molecule has 4 heteroatoms. The van der Waals surface area contributed by atoms with Gasteiger partial charge in [-0.25, -0.2) is 4.79 Å². The topological polar surface area (TPSA) is 57.5 Å². The average Bonchev–Trinajstić information content (AvgIpc) is 2.02. The highest BCUT2D eigenvalue weighted by Crippen LogP contribution is 1.84. The van der Waals surface area contributed by atoms with Crippen LogP contribution in [0.4, 0.5) is 0 Å². The lowest BCUT2D eigenvalue weighted by Gasteiger charge is -2.21. The molecule has 0 rings (SSSR count). The molecular formula is C11H22NO3+. The van der Waals surface area contributed by atoms with E-state index in [0.29, 0.717) is 0 Å². The number of aliphatic hydroxyl groups is 1. The fraction of sp³-hybridized carbons (Fsp3) is 0.545. The summed E-state index contributed by atoms with van der Waals surface area (Å²) < 4.78 is 0.844. The summed E-state index contributed by atoms with van der Waals surface area (Å²) in [5.74, 6) is -0.914. The Morgan fingerprint density at radius 3 is 2.00 bits per heavy atom. The second-order valence-electron chi connectivity index (χ2n) is 3.96. The van der Waals surface area contributed by atoms with Crippen molar-refractivity contribution < 1.29 is 19.5 Å². The fourth-order valence-corrected chi connectivity index (χ4v) is 0.549. The minimum atomic E-state index is -0.914. The molecule has 0 aromatic rings. The van der Waals surface area contributed by atoms with E-state index in [1.54, 1.807) is 12.2 Å². The van der Waals surface area contributed by atoms with Crippen molar-refractivity contribution in [2.45, 2.75) is 6.92 Å². The van der Waals surface area contributed by atoms with E-state index in [4.69, 9.17) is 10.2 Å². The number of aliphatic hydroxyl groups excluding tert-OH is 1. The first-order valence-corrected chi connectivity index (χ1v) is 4.77. The Balaban J connectivity index is 0. The number of aliphatic carboxylic acids is 1. The smallest absolute Gasteiger partial charge is 0.328 e. The molecular weight excluding hydrogens is 194 g/mol. The van der Waals surface area contributed by atoms with Gasteiger partial charge in [0.25, 0.3) is 0 Å². The van der Waals surface area contributed by atoms with E-state index >= 15 is 0 Å². The van der Waals surface area contributed by atoms with Gasteiger partial charge >= 0.3 is 5.97 Å². The zero-order valence-electron chi connectivity index (χ0n) is 9.97. The van der Waals surface area contributed by atoms with Gasteiger partial charge < -0.3 is 14.7 Å². The quantitative estimate of drug-likeness (QED) is 0.417. The summed E-state index contributed by atoms with van der Waals surface area (Å²) in [5.41, 5.74) is 0. The molecule has 0 unspecified atom stereocenters. The van der Waals surface area contributed by atoms with Gasteiger partial charge in [0.15, 0.2) is 0 Å². The Labute approximate surface area is 91.7 Å². The van der Waals surface area contributed by atoms with Crippen LogP contribution in [0, 0.1) is 0 Å². The molecule has 15 heavy (non-hydrogen) atoms. The van der Waals surface area contributed by atoms with Crippen LogP contribution in [0.25, 0.3) is 0 Å². The summed E-state index contributed by atoms with van der Waals surface area (Å²) in [6.07, 6.45) is 5.98. The maximum Gasteiger partial charge on any atom is 0.328 e. The standard InChI is InChI=1S/C6H8O2.C5H14NO/c1-2-3-4-5-6(7)8;1-6(2,3)4-5-7/h2-5H,1H3,(H,7,8);7H,4-5H2,1-3H3/q;+1/b3-2+,5-4+;. The van der Waals surface area contributed by atoms with Gasteiger partial charge in [0.1, 0.15) is 6.54 Å². The van der Waals surface area contributed by atoms with Crippen LogP contribution in [0.3, 0.4) is 0 Å². The van der Waals surface area contributed by atoms with Gasteiger partial charge in [0.05, 0.1) is 27.7 Å². The minimum Gasteiger partial charge on any atom is -0.478 e. The number of carbonyl (C=O) groups is 1. The van der Waals surface area contributed by atoms with Crippen molar-refractivity contribution in [2.24, 2.45) is 0 Å². The number of likely N-dealkylation sites (N-methyl/N-ethyl adjacent to an activating group) is 1. The molecule has 0 spiro atoms. The van der Waals surface area contributed by atoms with Gasteiger partial charge in [-0.1, -0.05) is 18.2 Å². The molecule has 0 aromatic carbocycles. The van der Waals surface area contributed by atoms with Crippen molar-refractivity contribution in [2.75, 3.05) is 34.3 Å². The van der Waals surface area contributed by atoms with E-state index in [9.17, 15) is 4.79 Å². The Kier molecular flexibility index (Phi) is 10.2. The maximum absolute atomic E-state index is 9.75. The Hall–Kier alpha value is -1.13. The molecule has 0 saturated heterocycles. The first-order chi connectivity index (χ1) is 6.83. The predicted molar refractivity (Wildman–Crippen MR) is 61.6 cm³/mol. The third-order valence-electron chi connectivity index (χ3n) is 1.31. The van der Waals surface area contributed by atoms with Crippen LogP contribution in [0.5, 0.6) is 0 Å². The van der Waals surface area contributed by atoms with Crippen LogP contribution in [0.1, 0.15) is 6.92 Å². The van der Waals surface area contributed by atoms with E-state index in [2.05, 4.69) is 21.1 Å². The zero-order chi connectivity index (χ0) is 12.3. The highest BCUT2D eigenvalue weighted by molar-refractivity contribution is 5.80. The van der Waals surface area contributed by atoms with E-state index in [1.165, 1.54) is 6.08 Å². The molecule has 0 radical (unpaired) electrons. The molecule has 0 fully saturated rings. The predicted octanol–water partition coefficient (Wildman–Crippen LogP) is 0.888. The normalized spacial score (nSPS) is 11.5. The van der Waals surface area contributed by atoms with Crippen molar-refractivity contribution in [1.82, 2.24) is 0 Å². The van der Waals surface area contributed by atoms with Crippen molar-refractivity contribution in [1.29, 1.82) is 0 Å². The summed E-state index contributed by atoms with van der Waals surface area (Å²) in [7, 11) is 6.16. The lowest BCUT2D eigenvalue weighted by molar-refractivity contribution is -0.870. The van der Waals surface area contributed by atoms with Crippen LogP contribution in [-0.4, -0.2) is 55.0 Å². The third kappa shape index (κ3) is 24.6. The van der Waals surface area contributed by atoms with E-state index in [-0.39, 0.29) is 6.61 Å². The molecule has 0 aliphatic rings. The van der Waals surface area contributed by atoms with Crippen molar-refractivity contribution in [3.05, 3.63) is 24.3 Å². The molecule has 4 nitrogen and oxygen atoms in total. The number of carboxylic acid groups (broad SMARTS) is 1. The highest BCUT2D eigenvalue weighted by Gasteiger charge is 2.02. The summed E-state index contributed by atoms with van der Waals surface area (Å²) in [5, 5.41) is 16.4. The van der Waals surface area contributed by atoms with Gasteiger partial charge in [-0.05, 0) is 6.92 Å². The second-order valence-corrected chi connectivity index (χ2v) is 3.96. The molecule has 0 saturated carbocycles. The van der Waals surface area contributed by atoms with Gasteiger partial charge in [0.2, 0.25) is 0 Å². The van der Waals surface area contributed by atoms with Crippen LogP contribution in [0.15, 0.2) is 24.3 Å². The van der Waals surface area contributed by atoms with E-state index < -0.39 is 5.97 Å². The molecule has 0 heterocycles. The summed E-state index contributed by atoms with van der Waals surface area (Å²) >= 11 is 0. The third-order valence-corrected chi connectivity index (χ3v) is 1.31. The second kappa shape index (κ2) is 9.43. The molecule has 0 aliphatic carbocycles. The zero-order valence-corrected chi connectivity index (χ0v) is 9.97. The SMILES string of the molecule is C/C=C/C=C/C(=O)O.C[N+](C)(C)CCO. The van der Waals surface area contributed by atoms with Crippen LogP contribution in [-0.2, 0) is 4.79 Å². The monoisotopic (exact) mass is 216 g/mol. The molecule has 0 amide bonds. The lowest BCUT2D eigenvalue weighted by Crippen LogP contribution is -2.36. The Bertz CT molecular complexity index is 214. The fourth-order valence-electron chi connectivity index (χ4n) is 0.549. The first kappa shape index (κ1) is 16.3. The Morgan fingerprint density at radius 1 is 1.27 bits per heavy atom. The number of hydrogen-bond acceptors (Lipinski definition) is 2. The molecule has 2 N–H and O–H groups in total. The van der Waals surface area contributed by atoms with E-state index in [1.807, 2.05) is 6.92 Å². The first-order valence-electron chi connectivity index (χ1n) is 4.77. The minimum absolute atomic E-state index is 0.281. The van der Waals surface area contributed by atoms with Crippen molar-refractivity contribution in [3.63, 3.8) is 0 Å². The van der Waals surface area contributed by atoms with Gasteiger partial charge in [0, 0.05) is 6.08 Å². The van der Waals surface area contributed by atoms with Crippen molar-refractivity contribution >= 4 is 5.97 Å². The van der Waals surface area contributed by atoms with Gasteiger partial charge in [-0.2, -0.15) is 0 Å². The largest absolute Gasteiger partial charge is 0.478 e. The Morgan fingerprint density at radius 2 is 1.80 bits per heavy atom. The summed E-state index contributed by atoms with van der Waals surface area (Å²) in [6.45, 7) is 2.94. The van der Waals surface area contributed by atoms with Crippen LogP contribution in [0.2, 0.25) is 0 Å². The summed E-state index contributed by atoms with van der Waals surface area (Å²) in [4.78, 5) is 9.75. The maximum atomic E-state index is 9.75. The number of hydrogen-bond donors (Lipinski definition) is 2. The number of allylic oxidation sites excluding steroid dienone is 3. The molecule has 88 valence electrons. The lowest BCUT2D eigenvalue weighted by atomic mass is 10.4. The van der Waals surface area contributed by atoms with Gasteiger partial charge in [-0.3, -0.25) is 0 Å². The van der Waals surface area contributed by atoms with Crippen LogP contribution < -0.4 is 0 Å². The molecule has 0 aromatic heterocycles. The average molecular weight is 216 g/mol. The van der Waals surface area contributed by atoms with Crippen molar-refractivity contribution in [3.8, 4) is 0 Å². The molecule has 0 atom stereocenters. The molecule has 0 aliphatic heterocycles. The molecule has 0 bridgehead atoms. The van der Waals surface area contributed by atoms with Gasteiger partial charge in [-0.15, -0.1) is 0 Å².